The zero-order valence-corrected chi connectivity index (χ0v) is 24.3. The van der Waals surface area contributed by atoms with Gasteiger partial charge >= 0.3 is 0 Å². The van der Waals surface area contributed by atoms with Gasteiger partial charge in [0.05, 0.1) is 27.4 Å². The maximum atomic E-state index is 13.5. The van der Waals surface area contributed by atoms with Crippen molar-refractivity contribution in [2.45, 2.75) is 43.8 Å². The van der Waals surface area contributed by atoms with Gasteiger partial charge < -0.3 is 10.6 Å². The van der Waals surface area contributed by atoms with E-state index in [0.29, 0.717) is 39.9 Å². The minimum atomic E-state index is -0.226. The van der Waals surface area contributed by atoms with Crippen LogP contribution in [0.4, 0.5) is 5.69 Å². The highest BCUT2D eigenvalue weighted by atomic mass is 35.5. The number of fused-ring (bicyclic) bond motifs is 1. The summed E-state index contributed by atoms with van der Waals surface area (Å²) >= 11 is 7.42. The highest BCUT2D eigenvalue weighted by Crippen LogP contribution is 2.31. The number of carbonyl (C=O) groups excluding carboxylic acids is 2. The molecule has 2 N–H and O–H groups in total. The van der Waals surface area contributed by atoms with Crippen molar-refractivity contribution in [3.05, 3.63) is 99.8 Å². The second-order valence-corrected chi connectivity index (χ2v) is 11.7. The van der Waals surface area contributed by atoms with Crippen molar-refractivity contribution in [2.75, 3.05) is 17.6 Å². The van der Waals surface area contributed by atoms with E-state index in [1.165, 1.54) is 17.3 Å². The molecular weight excluding hydrogens is 556 g/mol. The van der Waals surface area contributed by atoms with Gasteiger partial charge in [-0.25, -0.2) is 4.98 Å². The van der Waals surface area contributed by atoms with E-state index in [1.807, 2.05) is 36.4 Å². The maximum Gasteiger partial charge on any atom is 0.262 e. The van der Waals surface area contributed by atoms with Gasteiger partial charge in [-0.05, 0) is 67.9 Å². The van der Waals surface area contributed by atoms with Gasteiger partial charge in [0.25, 0.3) is 5.56 Å². The summed E-state index contributed by atoms with van der Waals surface area (Å²) in [5.41, 5.74) is 2.26. The second-order valence-electron chi connectivity index (χ2n) is 10.4. The summed E-state index contributed by atoms with van der Waals surface area (Å²) < 4.78 is 1.71. The average Bonchev–Trinajstić information content (AvgIpc) is 3.00. The zero-order valence-electron chi connectivity index (χ0n) is 22.7. The second kappa shape index (κ2) is 13.8. The fraction of sp³-hybridized carbons (Fsp3) is 0.312. The van der Waals surface area contributed by atoms with E-state index in [0.717, 1.165) is 32.1 Å². The number of amides is 2. The molecule has 0 bridgehead atoms. The fourth-order valence-corrected chi connectivity index (χ4v) is 6.27. The number of anilines is 1. The molecule has 1 saturated carbocycles. The Morgan fingerprint density at radius 3 is 2.41 bits per heavy atom. The van der Waals surface area contributed by atoms with Crippen LogP contribution >= 0.6 is 23.4 Å². The number of para-hydroxylation sites is 2. The maximum absolute atomic E-state index is 13.5. The number of hydrogen-bond acceptors (Lipinski definition) is 5. The lowest BCUT2D eigenvalue weighted by molar-refractivity contribution is -0.126. The lowest BCUT2D eigenvalue weighted by Crippen LogP contribution is -2.35. The van der Waals surface area contributed by atoms with E-state index in [2.05, 4.69) is 22.8 Å². The Morgan fingerprint density at radius 2 is 1.63 bits per heavy atom. The third-order valence-electron chi connectivity index (χ3n) is 7.52. The molecule has 0 saturated heterocycles. The normalized spacial score (nSPS) is 16.8. The first-order valence-corrected chi connectivity index (χ1v) is 15.3. The number of thioether (sulfide) groups is 1. The van der Waals surface area contributed by atoms with Crippen LogP contribution in [0.25, 0.3) is 10.9 Å². The number of rotatable bonds is 10. The van der Waals surface area contributed by atoms with Gasteiger partial charge in [-0.2, -0.15) is 0 Å². The molecule has 1 heterocycles. The molecule has 0 atom stereocenters. The first-order valence-electron chi connectivity index (χ1n) is 14.0. The van der Waals surface area contributed by atoms with Crippen LogP contribution in [-0.2, 0) is 22.6 Å². The Hall–Kier alpha value is -3.62. The zero-order chi connectivity index (χ0) is 28.6. The summed E-state index contributed by atoms with van der Waals surface area (Å²) in [4.78, 5) is 43.8. The average molecular weight is 589 g/mol. The molecule has 1 aromatic heterocycles. The van der Waals surface area contributed by atoms with Crippen LogP contribution in [0.15, 0.2) is 88.8 Å². The molecule has 212 valence electrons. The summed E-state index contributed by atoms with van der Waals surface area (Å²) in [5.74, 6) is 0.225. The molecule has 0 radical (unpaired) electrons. The van der Waals surface area contributed by atoms with Gasteiger partial charge in [-0.15, -0.1) is 0 Å². The van der Waals surface area contributed by atoms with E-state index >= 15 is 0 Å². The highest BCUT2D eigenvalue weighted by molar-refractivity contribution is 7.99. The summed E-state index contributed by atoms with van der Waals surface area (Å²) in [6.45, 7) is 1.14. The monoisotopic (exact) mass is 588 g/mol. The smallest absolute Gasteiger partial charge is 0.262 e. The SMILES string of the molecule is O=C(CSc1nc2ccccc2c(=O)n1CC1CCC(C(=O)NCCc2ccccc2)CC1)Nc1ccccc1Cl. The minimum Gasteiger partial charge on any atom is -0.356 e. The van der Waals surface area contributed by atoms with Crippen molar-refractivity contribution < 1.29 is 9.59 Å². The van der Waals surface area contributed by atoms with Gasteiger partial charge in [-0.1, -0.05) is 78.0 Å². The van der Waals surface area contributed by atoms with Crippen molar-refractivity contribution in [2.24, 2.45) is 11.8 Å². The molecule has 3 aromatic carbocycles. The Bertz CT molecular complexity index is 1570. The number of benzene rings is 3. The number of halogens is 1. The molecule has 4 aromatic rings. The molecule has 41 heavy (non-hydrogen) atoms. The largest absolute Gasteiger partial charge is 0.356 e. The summed E-state index contributed by atoms with van der Waals surface area (Å²) in [5, 5.41) is 7.47. The van der Waals surface area contributed by atoms with Crippen molar-refractivity contribution in [3.8, 4) is 0 Å². The molecule has 1 aliphatic carbocycles. The third kappa shape index (κ3) is 7.57. The number of hydrogen-bond donors (Lipinski definition) is 2. The van der Waals surface area contributed by atoms with Crippen molar-refractivity contribution in [1.29, 1.82) is 0 Å². The van der Waals surface area contributed by atoms with E-state index in [9.17, 15) is 14.4 Å². The topological polar surface area (TPSA) is 93.1 Å². The van der Waals surface area contributed by atoms with Crippen LogP contribution < -0.4 is 16.2 Å². The van der Waals surface area contributed by atoms with Gasteiger partial charge in [0.15, 0.2) is 5.16 Å². The Balaban J connectivity index is 1.21. The fourth-order valence-electron chi connectivity index (χ4n) is 5.28. The molecule has 1 fully saturated rings. The van der Waals surface area contributed by atoms with Crippen LogP contribution in [0.5, 0.6) is 0 Å². The molecule has 7 nitrogen and oxygen atoms in total. The van der Waals surface area contributed by atoms with Gasteiger partial charge in [0, 0.05) is 19.0 Å². The summed E-state index contributed by atoms with van der Waals surface area (Å²) in [6.07, 6.45) is 4.11. The van der Waals surface area contributed by atoms with Crippen LogP contribution in [0, 0.1) is 11.8 Å². The van der Waals surface area contributed by atoms with Crippen LogP contribution in [0.3, 0.4) is 0 Å². The van der Waals surface area contributed by atoms with E-state index in [4.69, 9.17) is 16.6 Å². The van der Waals surface area contributed by atoms with E-state index in [-0.39, 0.29) is 35.0 Å². The van der Waals surface area contributed by atoms with Crippen molar-refractivity contribution in [3.63, 3.8) is 0 Å². The Kier molecular flexibility index (Phi) is 9.75. The van der Waals surface area contributed by atoms with Gasteiger partial charge in [0.1, 0.15) is 0 Å². The molecule has 0 aliphatic heterocycles. The summed E-state index contributed by atoms with van der Waals surface area (Å²) in [7, 11) is 0. The number of nitrogens with zero attached hydrogens (tertiary/aromatic N) is 2. The number of carbonyl (C=O) groups is 2. The third-order valence-corrected chi connectivity index (χ3v) is 8.83. The van der Waals surface area contributed by atoms with Crippen molar-refractivity contribution in [1.82, 2.24) is 14.9 Å². The van der Waals surface area contributed by atoms with Gasteiger partial charge in [0.2, 0.25) is 11.8 Å². The molecule has 5 rings (SSSR count). The molecule has 9 heteroatoms. The first-order chi connectivity index (χ1) is 20.0. The predicted molar refractivity (Wildman–Crippen MR) is 165 cm³/mol. The lowest BCUT2D eigenvalue weighted by atomic mass is 9.81. The summed E-state index contributed by atoms with van der Waals surface area (Å²) in [6, 6.07) is 24.5. The number of nitrogens with one attached hydrogen (secondary N) is 2. The molecule has 2 amide bonds. The first kappa shape index (κ1) is 28.9. The lowest BCUT2D eigenvalue weighted by Gasteiger charge is -2.28. The minimum absolute atomic E-state index is 0.00387. The van der Waals surface area contributed by atoms with Crippen molar-refractivity contribution >= 4 is 51.8 Å². The van der Waals surface area contributed by atoms with E-state index < -0.39 is 0 Å². The standard InChI is InChI=1S/C32H33ClN4O3S/c33-26-11-5-7-13-28(26)35-29(38)21-41-32-36-27-12-6-4-10-25(27)31(40)37(32)20-23-14-16-24(17-15-23)30(39)34-19-18-22-8-2-1-3-9-22/h1-13,23-24H,14-21H2,(H,34,39)(H,35,38). The molecule has 0 unspecified atom stereocenters. The molecule has 0 spiro atoms. The quantitative estimate of drug-likeness (QED) is 0.176. The van der Waals surface area contributed by atoms with Crippen LogP contribution in [-0.4, -0.2) is 33.7 Å². The van der Waals surface area contributed by atoms with Gasteiger partial charge in [-0.3, -0.25) is 19.0 Å². The van der Waals surface area contributed by atoms with E-state index in [1.54, 1.807) is 34.9 Å². The highest BCUT2D eigenvalue weighted by Gasteiger charge is 2.27. The number of aromatic nitrogens is 2. The van der Waals surface area contributed by atoms with Crippen LogP contribution in [0.1, 0.15) is 31.2 Å². The van der Waals surface area contributed by atoms with Crippen LogP contribution in [0.2, 0.25) is 5.02 Å². The Labute approximate surface area is 248 Å². The predicted octanol–water partition coefficient (Wildman–Crippen LogP) is 5.95. The molecule has 1 aliphatic rings. The molecular formula is C32H33ClN4O3S. The Morgan fingerprint density at radius 1 is 0.927 bits per heavy atom.